The fourth-order valence-electron chi connectivity index (χ4n) is 1.25. The molecule has 16 heavy (non-hydrogen) atoms. The van der Waals surface area contributed by atoms with Gasteiger partial charge in [-0.3, -0.25) is 9.59 Å². The van der Waals surface area contributed by atoms with Crippen LogP contribution in [0.25, 0.3) is 0 Å². The molecule has 0 radical (unpaired) electrons. The maximum Gasteiger partial charge on any atom is 0.268 e. The molecule has 0 saturated carbocycles. The van der Waals surface area contributed by atoms with Gasteiger partial charge < -0.3 is 5.32 Å². The van der Waals surface area contributed by atoms with E-state index in [9.17, 15) is 9.59 Å². The van der Waals surface area contributed by atoms with E-state index in [-0.39, 0.29) is 23.9 Å². The highest BCUT2D eigenvalue weighted by molar-refractivity contribution is 7.09. The van der Waals surface area contributed by atoms with Crippen LogP contribution in [0.2, 0.25) is 0 Å². The molecule has 2 heterocycles. The molecule has 1 aliphatic rings. The highest BCUT2D eigenvalue weighted by Gasteiger charge is 2.20. The molecule has 7 heteroatoms. The molecule has 1 aromatic heterocycles. The first-order chi connectivity index (χ1) is 7.75. The van der Waals surface area contributed by atoms with Crippen LogP contribution in [-0.4, -0.2) is 29.1 Å². The quantitative estimate of drug-likeness (QED) is 0.754. The van der Waals surface area contributed by atoms with Gasteiger partial charge in [0, 0.05) is 24.5 Å². The fraction of sp³-hybridized carbons (Fsp3) is 0.333. The molecule has 2 N–H and O–H groups in total. The molecule has 0 saturated heterocycles. The molecule has 0 atom stereocenters. The van der Waals surface area contributed by atoms with E-state index in [0.717, 1.165) is 5.01 Å². The molecule has 0 aliphatic carbocycles. The number of carbonyl (C=O) groups is 2. The molecule has 1 aromatic rings. The molecule has 0 spiro atoms. The van der Waals surface area contributed by atoms with E-state index in [0.29, 0.717) is 13.0 Å². The van der Waals surface area contributed by atoms with Crippen molar-refractivity contribution in [2.75, 3.05) is 6.54 Å². The highest BCUT2D eigenvalue weighted by Crippen LogP contribution is 2.03. The third kappa shape index (κ3) is 2.63. The number of hydrogen-bond acceptors (Lipinski definition) is 5. The van der Waals surface area contributed by atoms with Gasteiger partial charge in [0.05, 0.1) is 11.4 Å². The second-order valence-electron chi connectivity index (χ2n) is 3.20. The minimum absolute atomic E-state index is 0.0586. The van der Waals surface area contributed by atoms with Crippen LogP contribution in [0.4, 0.5) is 0 Å². The number of carbonyl (C=O) groups excluding carboxylic acids is 2. The van der Waals surface area contributed by atoms with Crippen molar-refractivity contribution >= 4 is 28.9 Å². The molecular formula is C9H10N4O2S. The summed E-state index contributed by atoms with van der Waals surface area (Å²) in [5.41, 5.74) is 2.47. The van der Waals surface area contributed by atoms with Crippen molar-refractivity contribution in [3.8, 4) is 0 Å². The minimum Gasteiger partial charge on any atom is -0.350 e. The van der Waals surface area contributed by atoms with Crippen molar-refractivity contribution in [1.29, 1.82) is 0 Å². The summed E-state index contributed by atoms with van der Waals surface area (Å²) in [6, 6.07) is 0. The first-order valence-corrected chi connectivity index (χ1v) is 5.65. The molecule has 84 valence electrons. The predicted octanol–water partition coefficient (Wildman–Crippen LogP) is -0.322. The lowest BCUT2D eigenvalue weighted by Crippen LogP contribution is -2.32. The van der Waals surface area contributed by atoms with Crippen molar-refractivity contribution in [3.05, 3.63) is 16.6 Å². The summed E-state index contributed by atoms with van der Waals surface area (Å²) >= 11 is 1.55. The maximum atomic E-state index is 11.5. The van der Waals surface area contributed by atoms with Crippen molar-refractivity contribution in [2.45, 2.75) is 12.8 Å². The first kappa shape index (κ1) is 10.7. The zero-order chi connectivity index (χ0) is 11.4. The third-order valence-corrected chi connectivity index (χ3v) is 2.85. The molecule has 0 bridgehead atoms. The number of rotatable bonds is 4. The molecule has 0 fully saturated rings. The van der Waals surface area contributed by atoms with Crippen LogP contribution in [0.5, 0.6) is 0 Å². The Balaban J connectivity index is 1.74. The van der Waals surface area contributed by atoms with Crippen LogP contribution in [0.3, 0.4) is 0 Å². The topological polar surface area (TPSA) is 83.5 Å². The Bertz CT molecular complexity index is 427. The van der Waals surface area contributed by atoms with Crippen LogP contribution in [0, 0.1) is 0 Å². The second kappa shape index (κ2) is 4.84. The number of thiazole rings is 1. The van der Waals surface area contributed by atoms with E-state index < -0.39 is 0 Å². The molecule has 0 aromatic carbocycles. The van der Waals surface area contributed by atoms with Gasteiger partial charge in [-0.15, -0.1) is 11.3 Å². The summed E-state index contributed by atoms with van der Waals surface area (Å²) in [4.78, 5) is 26.4. The lowest BCUT2D eigenvalue weighted by molar-refractivity contribution is -0.120. The molecule has 6 nitrogen and oxygen atoms in total. The average Bonchev–Trinajstić information content (AvgIpc) is 2.89. The van der Waals surface area contributed by atoms with Crippen LogP contribution in [0.15, 0.2) is 16.7 Å². The average molecular weight is 238 g/mol. The zero-order valence-electron chi connectivity index (χ0n) is 8.40. The van der Waals surface area contributed by atoms with Crippen molar-refractivity contribution in [2.24, 2.45) is 5.10 Å². The molecule has 1 aliphatic heterocycles. The number of hydrogen-bond donors (Lipinski definition) is 2. The number of nitrogens with zero attached hydrogens (tertiary/aromatic N) is 2. The van der Waals surface area contributed by atoms with Gasteiger partial charge in [-0.05, 0) is 0 Å². The molecule has 0 unspecified atom stereocenters. The van der Waals surface area contributed by atoms with Crippen molar-refractivity contribution < 1.29 is 9.59 Å². The number of hydrazone groups is 1. The van der Waals surface area contributed by atoms with E-state index >= 15 is 0 Å². The maximum absolute atomic E-state index is 11.5. The molecule has 2 amide bonds. The van der Waals surface area contributed by atoms with Gasteiger partial charge in [0.1, 0.15) is 5.71 Å². The van der Waals surface area contributed by atoms with Crippen molar-refractivity contribution in [1.82, 2.24) is 15.7 Å². The predicted molar refractivity (Wildman–Crippen MR) is 59.0 cm³/mol. The standard InChI is InChI=1S/C9H10N4O2S/c14-7-5-6(12-13-7)9(15)11-2-1-8-10-3-4-16-8/h3-4H,1-2,5H2,(H,11,15)(H,13,14). The number of aromatic nitrogens is 1. The molecular weight excluding hydrogens is 228 g/mol. The van der Waals surface area contributed by atoms with Gasteiger partial charge >= 0.3 is 0 Å². The second-order valence-corrected chi connectivity index (χ2v) is 4.18. The smallest absolute Gasteiger partial charge is 0.268 e. The SMILES string of the molecule is O=C1CC(C(=O)NCCc2nccs2)=NN1. The Hall–Kier alpha value is -1.76. The van der Waals surface area contributed by atoms with Gasteiger partial charge in [0.2, 0.25) is 5.91 Å². The summed E-state index contributed by atoms with van der Waals surface area (Å²) in [7, 11) is 0. The lowest BCUT2D eigenvalue weighted by atomic mass is 10.2. The van der Waals surface area contributed by atoms with Gasteiger partial charge in [-0.25, -0.2) is 10.4 Å². The summed E-state index contributed by atoms with van der Waals surface area (Å²) in [6.45, 7) is 0.500. The van der Waals surface area contributed by atoms with E-state index in [4.69, 9.17) is 0 Å². The largest absolute Gasteiger partial charge is 0.350 e. The Morgan fingerprint density at radius 2 is 2.50 bits per heavy atom. The van der Waals surface area contributed by atoms with Crippen LogP contribution < -0.4 is 10.7 Å². The van der Waals surface area contributed by atoms with Gasteiger partial charge in [0.15, 0.2) is 0 Å². The highest BCUT2D eigenvalue weighted by atomic mass is 32.1. The number of amides is 2. The van der Waals surface area contributed by atoms with Crippen LogP contribution in [-0.2, 0) is 16.0 Å². The van der Waals surface area contributed by atoms with E-state index in [1.54, 1.807) is 17.5 Å². The molecule has 2 rings (SSSR count). The summed E-state index contributed by atoms with van der Waals surface area (Å²) in [5.74, 6) is -0.542. The van der Waals surface area contributed by atoms with E-state index in [2.05, 4.69) is 20.8 Å². The minimum atomic E-state index is -0.296. The van der Waals surface area contributed by atoms with Gasteiger partial charge in [-0.1, -0.05) is 0 Å². The normalized spacial score (nSPS) is 14.5. The summed E-state index contributed by atoms with van der Waals surface area (Å²) in [5, 5.41) is 9.18. The lowest BCUT2D eigenvalue weighted by Gasteiger charge is -2.01. The monoisotopic (exact) mass is 238 g/mol. The van der Waals surface area contributed by atoms with Gasteiger partial charge in [0.25, 0.3) is 5.91 Å². The van der Waals surface area contributed by atoms with Crippen LogP contribution in [0.1, 0.15) is 11.4 Å². The van der Waals surface area contributed by atoms with E-state index in [1.165, 1.54) is 0 Å². The Morgan fingerprint density at radius 3 is 3.12 bits per heavy atom. The Morgan fingerprint density at radius 1 is 1.62 bits per heavy atom. The first-order valence-electron chi connectivity index (χ1n) is 4.77. The fourth-order valence-corrected chi connectivity index (χ4v) is 1.87. The third-order valence-electron chi connectivity index (χ3n) is 2.01. The summed E-state index contributed by atoms with van der Waals surface area (Å²) in [6.07, 6.45) is 2.48. The number of nitrogens with one attached hydrogen (secondary N) is 2. The van der Waals surface area contributed by atoms with Crippen molar-refractivity contribution in [3.63, 3.8) is 0 Å². The van der Waals surface area contributed by atoms with Crippen LogP contribution >= 0.6 is 11.3 Å². The Kier molecular flexibility index (Phi) is 3.25. The van der Waals surface area contributed by atoms with E-state index in [1.807, 2.05) is 5.38 Å². The summed E-state index contributed by atoms with van der Waals surface area (Å²) < 4.78 is 0. The zero-order valence-corrected chi connectivity index (χ0v) is 9.21. The Labute approximate surface area is 95.8 Å². The van der Waals surface area contributed by atoms with Gasteiger partial charge in [-0.2, -0.15) is 5.10 Å².